The van der Waals surface area contributed by atoms with Crippen LogP contribution < -0.4 is 5.32 Å². The minimum Gasteiger partial charge on any atom is -0.478 e. The third-order valence-corrected chi connectivity index (χ3v) is 4.70. The van der Waals surface area contributed by atoms with Crippen molar-refractivity contribution in [2.75, 3.05) is 12.8 Å². The van der Waals surface area contributed by atoms with E-state index in [-0.39, 0.29) is 28.5 Å². The van der Waals surface area contributed by atoms with E-state index in [4.69, 9.17) is 5.11 Å². The largest absolute Gasteiger partial charge is 0.478 e. The Bertz CT molecular complexity index is 622. The summed E-state index contributed by atoms with van der Waals surface area (Å²) in [5.41, 5.74) is 0.465. The molecule has 7 heteroatoms. The van der Waals surface area contributed by atoms with Crippen LogP contribution >= 0.6 is 0 Å². The maximum atomic E-state index is 12.2. The van der Waals surface area contributed by atoms with Crippen molar-refractivity contribution in [2.45, 2.75) is 24.7 Å². The van der Waals surface area contributed by atoms with Gasteiger partial charge in [0.25, 0.3) is 0 Å². The Kier molecular flexibility index (Phi) is 5.26. The second-order valence-electron chi connectivity index (χ2n) is 4.22. The lowest BCUT2D eigenvalue weighted by Gasteiger charge is -2.10. The fourth-order valence-electron chi connectivity index (χ4n) is 1.73. The maximum absolute atomic E-state index is 12.2. The average Bonchev–Trinajstić information content (AvgIpc) is 2.43. The van der Waals surface area contributed by atoms with E-state index in [1.54, 1.807) is 6.92 Å². The molecule has 0 aromatic heterocycles. The second-order valence-corrected chi connectivity index (χ2v) is 6.30. The molecule has 110 valence electrons. The topological polar surface area (TPSA) is 101 Å². The van der Waals surface area contributed by atoms with Gasteiger partial charge < -0.3 is 10.4 Å². The molecular formula is C13H17NO5S. The number of carboxylic acids is 1. The van der Waals surface area contributed by atoms with E-state index in [1.165, 1.54) is 19.2 Å². The number of sulfone groups is 1. The third kappa shape index (κ3) is 3.80. The van der Waals surface area contributed by atoms with Gasteiger partial charge in [0, 0.05) is 13.5 Å². The van der Waals surface area contributed by atoms with Crippen molar-refractivity contribution in [2.24, 2.45) is 0 Å². The summed E-state index contributed by atoms with van der Waals surface area (Å²) in [6.07, 6.45) is 0.313. The predicted octanol–water partition coefficient (Wildman–Crippen LogP) is 0.857. The molecule has 0 atom stereocenters. The Morgan fingerprint density at radius 3 is 2.45 bits per heavy atom. The normalized spacial score (nSPS) is 11.1. The Morgan fingerprint density at radius 2 is 1.95 bits per heavy atom. The van der Waals surface area contributed by atoms with Crippen LogP contribution in [0.5, 0.6) is 0 Å². The first kappa shape index (κ1) is 16.2. The van der Waals surface area contributed by atoms with Crippen molar-refractivity contribution >= 4 is 21.7 Å². The summed E-state index contributed by atoms with van der Waals surface area (Å²) in [5, 5.41) is 11.3. The minimum absolute atomic E-state index is 0.0104. The van der Waals surface area contributed by atoms with E-state index in [2.05, 4.69) is 5.32 Å². The molecule has 0 bridgehead atoms. The van der Waals surface area contributed by atoms with Crippen molar-refractivity contribution in [3.63, 3.8) is 0 Å². The van der Waals surface area contributed by atoms with E-state index < -0.39 is 15.8 Å². The molecule has 1 rings (SSSR count). The molecular weight excluding hydrogens is 282 g/mol. The number of rotatable bonds is 6. The van der Waals surface area contributed by atoms with Gasteiger partial charge in [0.15, 0.2) is 9.84 Å². The molecule has 20 heavy (non-hydrogen) atoms. The van der Waals surface area contributed by atoms with Crippen LogP contribution in [-0.2, 0) is 21.1 Å². The van der Waals surface area contributed by atoms with Crippen LogP contribution in [0.25, 0.3) is 0 Å². The highest BCUT2D eigenvalue weighted by Crippen LogP contribution is 2.20. The Hall–Kier alpha value is -1.89. The first-order valence-corrected chi connectivity index (χ1v) is 7.76. The Morgan fingerprint density at radius 1 is 1.30 bits per heavy atom. The summed E-state index contributed by atoms with van der Waals surface area (Å²) >= 11 is 0. The van der Waals surface area contributed by atoms with Crippen LogP contribution in [0.2, 0.25) is 0 Å². The fraction of sp³-hybridized carbons (Fsp3) is 0.385. The lowest BCUT2D eigenvalue weighted by Crippen LogP contribution is -2.22. The summed E-state index contributed by atoms with van der Waals surface area (Å²) in [5.74, 6) is -1.90. The lowest BCUT2D eigenvalue weighted by molar-refractivity contribution is -0.120. The van der Waals surface area contributed by atoms with Gasteiger partial charge in [-0.1, -0.05) is 13.0 Å². The van der Waals surface area contributed by atoms with E-state index >= 15 is 0 Å². The summed E-state index contributed by atoms with van der Waals surface area (Å²) in [6.45, 7) is 1.79. The summed E-state index contributed by atoms with van der Waals surface area (Å²) in [4.78, 5) is 22.1. The maximum Gasteiger partial charge on any atom is 0.335 e. The van der Waals surface area contributed by atoms with Crippen molar-refractivity contribution in [3.8, 4) is 0 Å². The molecule has 0 radical (unpaired) electrons. The van der Waals surface area contributed by atoms with Gasteiger partial charge in [-0.25, -0.2) is 13.2 Å². The van der Waals surface area contributed by atoms with Crippen molar-refractivity contribution in [1.82, 2.24) is 5.32 Å². The highest BCUT2D eigenvalue weighted by atomic mass is 32.2. The molecule has 1 aromatic rings. The molecule has 0 aliphatic carbocycles. The zero-order valence-electron chi connectivity index (χ0n) is 11.3. The van der Waals surface area contributed by atoms with Gasteiger partial charge in [0.05, 0.1) is 16.2 Å². The quantitative estimate of drug-likeness (QED) is 0.811. The van der Waals surface area contributed by atoms with E-state index in [1.807, 2.05) is 0 Å². The predicted molar refractivity (Wildman–Crippen MR) is 73.5 cm³/mol. The highest BCUT2D eigenvalue weighted by molar-refractivity contribution is 7.91. The van der Waals surface area contributed by atoms with Gasteiger partial charge in [-0.05, 0) is 24.1 Å². The van der Waals surface area contributed by atoms with Gasteiger partial charge >= 0.3 is 5.97 Å². The lowest BCUT2D eigenvalue weighted by atomic mass is 10.1. The molecule has 0 aliphatic heterocycles. The van der Waals surface area contributed by atoms with Crippen molar-refractivity contribution in [3.05, 3.63) is 29.3 Å². The number of carboxylic acid groups (broad SMARTS) is 1. The fourth-order valence-corrected chi connectivity index (χ4v) is 3.32. The van der Waals surface area contributed by atoms with Crippen LogP contribution in [-0.4, -0.2) is 38.2 Å². The minimum atomic E-state index is -3.69. The first-order chi connectivity index (χ1) is 9.31. The summed E-state index contributed by atoms with van der Waals surface area (Å²) in [6, 6.07) is 4.02. The van der Waals surface area contributed by atoms with Gasteiger partial charge in [0.1, 0.15) is 0 Å². The monoisotopic (exact) mass is 299 g/mol. The molecule has 0 unspecified atom stereocenters. The molecule has 0 fully saturated rings. The molecule has 0 saturated carbocycles. The van der Waals surface area contributed by atoms with Crippen LogP contribution in [0, 0.1) is 0 Å². The number of aryl methyl sites for hydroxylation is 1. The zero-order valence-corrected chi connectivity index (χ0v) is 12.2. The van der Waals surface area contributed by atoms with E-state index in [0.717, 1.165) is 6.07 Å². The molecule has 0 spiro atoms. The third-order valence-electron chi connectivity index (χ3n) is 2.91. The zero-order chi connectivity index (χ0) is 15.3. The Balaban J connectivity index is 3.18. The number of amides is 1. The summed E-state index contributed by atoms with van der Waals surface area (Å²) in [7, 11) is -2.26. The SMILES string of the molecule is CCc1ccc(C(=O)O)cc1S(=O)(=O)CCC(=O)NC. The number of nitrogens with one attached hydrogen (secondary N) is 1. The molecule has 6 nitrogen and oxygen atoms in total. The van der Waals surface area contributed by atoms with Crippen LogP contribution in [0.15, 0.2) is 23.1 Å². The Labute approximate surface area is 117 Å². The standard InChI is InChI=1S/C13H17NO5S/c1-3-9-4-5-10(13(16)17)8-11(9)20(18,19)7-6-12(15)14-2/h4-5,8H,3,6-7H2,1-2H3,(H,14,15)(H,16,17). The van der Waals surface area contributed by atoms with Gasteiger partial charge in [-0.15, -0.1) is 0 Å². The number of carbonyl (C=O) groups excluding carboxylic acids is 1. The number of hydrogen-bond acceptors (Lipinski definition) is 4. The van der Waals surface area contributed by atoms with Gasteiger partial charge in [0.2, 0.25) is 5.91 Å². The van der Waals surface area contributed by atoms with Crippen molar-refractivity contribution < 1.29 is 23.1 Å². The molecule has 1 aromatic carbocycles. The molecule has 1 amide bonds. The van der Waals surface area contributed by atoms with E-state index in [9.17, 15) is 18.0 Å². The molecule has 2 N–H and O–H groups in total. The second kappa shape index (κ2) is 6.51. The smallest absolute Gasteiger partial charge is 0.335 e. The van der Waals surface area contributed by atoms with Gasteiger partial charge in [-0.3, -0.25) is 4.79 Å². The van der Waals surface area contributed by atoms with Crippen LogP contribution in [0.4, 0.5) is 0 Å². The van der Waals surface area contributed by atoms with Crippen LogP contribution in [0.1, 0.15) is 29.3 Å². The van der Waals surface area contributed by atoms with Crippen LogP contribution in [0.3, 0.4) is 0 Å². The molecule has 0 heterocycles. The number of carbonyl (C=O) groups is 2. The number of benzene rings is 1. The summed E-state index contributed by atoms with van der Waals surface area (Å²) < 4.78 is 24.5. The van der Waals surface area contributed by atoms with Crippen molar-refractivity contribution in [1.29, 1.82) is 0 Å². The number of aromatic carboxylic acids is 1. The number of hydrogen-bond donors (Lipinski definition) is 2. The van der Waals surface area contributed by atoms with E-state index in [0.29, 0.717) is 12.0 Å². The molecule has 0 aliphatic rings. The first-order valence-electron chi connectivity index (χ1n) is 6.11. The highest BCUT2D eigenvalue weighted by Gasteiger charge is 2.21. The van der Waals surface area contributed by atoms with Gasteiger partial charge in [-0.2, -0.15) is 0 Å². The average molecular weight is 299 g/mol. The molecule has 0 saturated heterocycles.